The quantitative estimate of drug-likeness (QED) is 0.850. The summed E-state index contributed by atoms with van der Waals surface area (Å²) in [5.74, 6) is 0.236. The third-order valence-electron chi connectivity index (χ3n) is 3.81. The van der Waals surface area contributed by atoms with E-state index in [2.05, 4.69) is 5.32 Å². The van der Waals surface area contributed by atoms with Crippen molar-refractivity contribution in [3.05, 3.63) is 29.3 Å². The molecule has 0 radical (unpaired) electrons. The van der Waals surface area contributed by atoms with Crippen LogP contribution < -0.4 is 5.32 Å². The third kappa shape index (κ3) is 4.98. The van der Waals surface area contributed by atoms with Crippen LogP contribution in [0, 0.1) is 6.92 Å². The number of thioether (sulfide) groups is 1. The van der Waals surface area contributed by atoms with Gasteiger partial charge >= 0.3 is 0 Å². The van der Waals surface area contributed by atoms with Crippen LogP contribution in [-0.2, 0) is 14.6 Å². The molecular weight excluding hydrogens is 348 g/mol. The predicted octanol–water partition coefficient (Wildman–Crippen LogP) is 1.56. The minimum atomic E-state index is -2.93. The molecule has 1 aliphatic rings. The van der Waals surface area contributed by atoms with Gasteiger partial charge < -0.3 is 10.2 Å². The SMILES string of the molecule is Cc1ccc(C(=O)N(C)C)cc1NC(=O)CS[C@@H]1CCS(=O)(=O)C1. The maximum atomic E-state index is 12.1. The Morgan fingerprint density at radius 1 is 1.33 bits per heavy atom. The van der Waals surface area contributed by atoms with Crippen molar-refractivity contribution < 1.29 is 18.0 Å². The van der Waals surface area contributed by atoms with Crippen LogP contribution in [0.4, 0.5) is 5.69 Å². The normalized spacial score (nSPS) is 19.0. The molecule has 0 unspecified atom stereocenters. The van der Waals surface area contributed by atoms with Gasteiger partial charge in [-0.3, -0.25) is 9.59 Å². The van der Waals surface area contributed by atoms with Crippen molar-refractivity contribution in [2.24, 2.45) is 0 Å². The fraction of sp³-hybridized carbons (Fsp3) is 0.500. The number of carbonyl (C=O) groups is 2. The van der Waals surface area contributed by atoms with Crippen molar-refractivity contribution in [2.75, 3.05) is 36.7 Å². The van der Waals surface area contributed by atoms with Gasteiger partial charge in [0, 0.05) is 30.6 Å². The summed E-state index contributed by atoms with van der Waals surface area (Å²) < 4.78 is 22.9. The summed E-state index contributed by atoms with van der Waals surface area (Å²) in [6.45, 7) is 1.86. The fourth-order valence-corrected chi connectivity index (χ4v) is 5.86. The lowest BCUT2D eigenvalue weighted by molar-refractivity contribution is -0.113. The van der Waals surface area contributed by atoms with Crippen LogP contribution in [0.3, 0.4) is 0 Å². The van der Waals surface area contributed by atoms with E-state index in [9.17, 15) is 18.0 Å². The second-order valence-corrected chi connectivity index (χ2v) is 9.63. The first-order valence-electron chi connectivity index (χ1n) is 7.62. The highest BCUT2D eigenvalue weighted by Crippen LogP contribution is 2.25. The highest BCUT2D eigenvalue weighted by atomic mass is 32.2. The van der Waals surface area contributed by atoms with E-state index in [1.807, 2.05) is 6.92 Å². The van der Waals surface area contributed by atoms with Gasteiger partial charge in [-0.2, -0.15) is 0 Å². The number of anilines is 1. The molecule has 1 aliphatic heterocycles. The van der Waals surface area contributed by atoms with Crippen molar-refractivity contribution in [3.8, 4) is 0 Å². The first-order valence-corrected chi connectivity index (χ1v) is 10.5. The number of nitrogens with zero attached hydrogens (tertiary/aromatic N) is 1. The minimum Gasteiger partial charge on any atom is -0.345 e. The molecule has 8 heteroatoms. The summed E-state index contributed by atoms with van der Waals surface area (Å²) in [5, 5.41) is 2.80. The van der Waals surface area contributed by atoms with E-state index in [-0.39, 0.29) is 34.3 Å². The molecule has 1 aromatic rings. The zero-order chi connectivity index (χ0) is 17.9. The Kier molecular flexibility index (Phi) is 5.92. The Balaban J connectivity index is 1.96. The number of rotatable bonds is 5. The van der Waals surface area contributed by atoms with Crippen LogP contribution in [0.25, 0.3) is 0 Å². The van der Waals surface area contributed by atoms with Crippen LogP contribution in [0.2, 0.25) is 0 Å². The van der Waals surface area contributed by atoms with Gasteiger partial charge in [-0.05, 0) is 31.0 Å². The molecule has 2 rings (SSSR count). The molecule has 0 aliphatic carbocycles. The Morgan fingerprint density at radius 2 is 2.04 bits per heavy atom. The number of amides is 2. The molecule has 1 aromatic carbocycles. The number of sulfone groups is 1. The molecule has 1 heterocycles. The van der Waals surface area contributed by atoms with Gasteiger partial charge in [-0.25, -0.2) is 8.42 Å². The van der Waals surface area contributed by atoms with Crippen molar-refractivity contribution in [2.45, 2.75) is 18.6 Å². The van der Waals surface area contributed by atoms with E-state index >= 15 is 0 Å². The molecule has 0 aromatic heterocycles. The maximum Gasteiger partial charge on any atom is 0.253 e. The van der Waals surface area contributed by atoms with Crippen molar-refractivity contribution in [1.29, 1.82) is 0 Å². The van der Waals surface area contributed by atoms with Crippen molar-refractivity contribution in [3.63, 3.8) is 0 Å². The molecule has 6 nitrogen and oxygen atoms in total. The molecule has 0 saturated carbocycles. The molecule has 1 atom stereocenters. The molecule has 132 valence electrons. The second kappa shape index (κ2) is 7.57. The van der Waals surface area contributed by atoms with E-state index in [1.54, 1.807) is 32.3 Å². The third-order valence-corrected chi connectivity index (χ3v) is 7.09. The molecule has 0 bridgehead atoms. The van der Waals surface area contributed by atoms with Gasteiger partial charge in [0.2, 0.25) is 5.91 Å². The summed E-state index contributed by atoms with van der Waals surface area (Å²) in [6.07, 6.45) is 0.603. The molecule has 1 fully saturated rings. The number of carbonyl (C=O) groups excluding carboxylic acids is 2. The second-order valence-electron chi connectivity index (χ2n) is 6.11. The number of hydrogen-bond donors (Lipinski definition) is 1. The van der Waals surface area contributed by atoms with Gasteiger partial charge in [0.1, 0.15) is 0 Å². The van der Waals surface area contributed by atoms with E-state index < -0.39 is 9.84 Å². The van der Waals surface area contributed by atoms with E-state index in [4.69, 9.17) is 0 Å². The summed E-state index contributed by atoms with van der Waals surface area (Å²) in [7, 11) is 0.420. The number of hydrogen-bond acceptors (Lipinski definition) is 5. The lowest BCUT2D eigenvalue weighted by Gasteiger charge is -2.14. The van der Waals surface area contributed by atoms with Gasteiger partial charge in [-0.1, -0.05) is 6.07 Å². The van der Waals surface area contributed by atoms with Crippen LogP contribution >= 0.6 is 11.8 Å². The number of aryl methyl sites for hydroxylation is 1. The minimum absolute atomic E-state index is 0.0106. The number of nitrogens with one attached hydrogen (secondary N) is 1. The average molecular weight is 370 g/mol. The van der Waals surface area contributed by atoms with Crippen LogP contribution in [0.1, 0.15) is 22.3 Å². The fourth-order valence-electron chi connectivity index (χ4n) is 2.42. The number of benzene rings is 1. The molecule has 0 spiro atoms. The lowest BCUT2D eigenvalue weighted by atomic mass is 10.1. The molecule has 2 amide bonds. The first-order chi connectivity index (χ1) is 11.2. The standard InChI is InChI=1S/C16H22N2O4S2/c1-11-4-5-12(16(20)18(2)3)8-14(11)17-15(19)9-23-13-6-7-24(21,22)10-13/h4-5,8,13H,6-7,9-10H2,1-3H3,(H,17,19)/t13-/m1/s1. The van der Waals surface area contributed by atoms with Crippen LogP contribution in [0.15, 0.2) is 18.2 Å². The summed E-state index contributed by atoms with van der Waals surface area (Å²) in [5.41, 5.74) is 1.98. The lowest BCUT2D eigenvalue weighted by Crippen LogP contribution is -2.22. The van der Waals surface area contributed by atoms with Gasteiger partial charge in [0.25, 0.3) is 5.91 Å². The summed E-state index contributed by atoms with van der Waals surface area (Å²) in [4.78, 5) is 25.6. The van der Waals surface area contributed by atoms with Gasteiger partial charge in [0.05, 0.1) is 17.3 Å². The first kappa shape index (κ1) is 18.8. The van der Waals surface area contributed by atoms with Crippen molar-refractivity contribution in [1.82, 2.24) is 4.90 Å². The Morgan fingerprint density at radius 3 is 2.62 bits per heavy atom. The van der Waals surface area contributed by atoms with E-state index in [0.29, 0.717) is 17.7 Å². The zero-order valence-electron chi connectivity index (χ0n) is 14.0. The van der Waals surface area contributed by atoms with Crippen LogP contribution in [-0.4, -0.2) is 61.7 Å². The Labute approximate surface area is 146 Å². The topological polar surface area (TPSA) is 83.6 Å². The van der Waals surface area contributed by atoms with Crippen LogP contribution in [0.5, 0.6) is 0 Å². The van der Waals surface area contributed by atoms with Gasteiger partial charge in [0.15, 0.2) is 9.84 Å². The van der Waals surface area contributed by atoms with Crippen molar-refractivity contribution >= 4 is 39.1 Å². The largest absolute Gasteiger partial charge is 0.345 e. The highest BCUT2D eigenvalue weighted by Gasteiger charge is 2.28. The smallest absolute Gasteiger partial charge is 0.253 e. The average Bonchev–Trinajstić information content (AvgIpc) is 2.86. The highest BCUT2D eigenvalue weighted by molar-refractivity contribution is 8.02. The van der Waals surface area contributed by atoms with E-state index in [0.717, 1.165) is 5.56 Å². The predicted molar refractivity (Wildman–Crippen MR) is 97.3 cm³/mol. The maximum absolute atomic E-state index is 12.1. The molecule has 1 N–H and O–H groups in total. The Hall–Kier alpha value is -1.54. The molecular formula is C16H22N2O4S2. The summed E-state index contributed by atoms with van der Waals surface area (Å²) >= 11 is 1.37. The molecule has 1 saturated heterocycles. The monoisotopic (exact) mass is 370 g/mol. The van der Waals surface area contributed by atoms with E-state index in [1.165, 1.54) is 16.7 Å². The molecule has 24 heavy (non-hydrogen) atoms. The Bertz CT molecular complexity index is 744. The zero-order valence-corrected chi connectivity index (χ0v) is 15.7. The summed E-state index contributed by atoms with van der Waals surface area (Å²) in [6, 6.07) is 5.19. The van der Waals surface area contributed by atoms with Gasteiger partial charge in [-0.15, -0.1) is 11.8 Å².